The summed E-state index contributed by atoms with van der Waals surface area (Å²) in [6, 6.07) is 0. The molecule has 0 N–H and O–H groups in total. The minimum absolute atomic E-state index is 0.0922. The van der Waals surface area contributed by atoms with Crippen molar-refractivity contribution in [2.24, 2.45) is 34.5 Å². The minimum Gasteiger partial charge on any atom is -0.462 e. The van der Waals surface area contributed by atoms with Crippen LogP contribution in [0.25, 0.3) is 0 Å². The molecule has 0 saturated heterocycles. The van der Waals surface area contributed by atoms with E-state index in [2.05, 4.69) is 20.4 Å². The Morgan fingerprint density at radius 3 is 2.54 bits per heavy atom. The van der Waals surface area contributed by atoms with Crippen LogP contribution in [0.4, 0.5) is 0 Å². The maximum absolute atomic E-state index is 11.5. The maximum atomic E-state index is 11.5. The predicted octanol–water partition coefficient (Wildman–Crippen LogP) is 5.52. The molecule has 4 aliphatic rings. The quantitative estimate of drug-likeness (QED) is 0.467. The van der Waals surface area contributed by atoms with Crippen molar-refractivity contribution in [1.82, 2.24) is 0 Å². The SMILES string of the molecule is C=C1CCC2(C)C(CCC3C2CCC2(C)C(OC(C)=O)CCC32)C1. The molecule has 7 atom stereocenters. The van der Waals surface area contributed by atoms with Gasteiger partial charge in [0, 0.05) is 12.3 Å². The lowest BCUT2D eigenvalue weighted by Gasteiger charge is -2.60. The molecule has 0 aromatic heterocycles. The van der Waals surface area contributed by atoms with E-state index in [0.29, 0.717) is 5.41 Å². The van der Waals surface area contributed by atoms with Crippen LogP contribution in [0, 0.1) is 34.5 Å². The number of esters is 1. The molecule has 0 radical (unpaired) electrons. The summed E-state index contributed by atoms with van der Waals surface area (Å²) in [5.74, 6) is 3.29. The van der Waals surface area contributed by atoms with Gasteiger partial charge in [-0.05, 0) is 86.9 Å². The zero-order valence-electron chi connectivity index (χ0n) is 15.8. The summed E-state index contributed by atoms with van der Waals surface area (Å²) >= 11 is 0. The highest BCUT2D eigenvalue weighted by molar-refractivity contribution is 5.66. The number of fused-ring (bicyclic) bond motifs is 5. The number of allylic oxidation sites excluding steroid dienone is 1. The van der Waals surface area contributed by atoms with E-state index < -0.39 is 0 Å². The highest BCUT2D eigenvalue weighted by atomic mass is 16.5. The lowest BCUT2D eigenvalue weighted by molar-refractivity contribution is -0.160. The molecule has 0 heterocycles. The molecule has 24 heavy (non-hydrogen) atoms. The largest absolute Gasteiger partial charge is 0.462 e. The first kappa shape index (κ1) is 16.7. The fourth-order valence-electron chi connectivity index (χ4n) is 7.50. The van der Waals surface area contributed by atoms with Crippen LogP contribution in [0.15, 0.2) is 12.2 Å². The number of hydrogen-bond donors (Lipinski definition) is 0. The maximum Gasteiger partial charge on any atom is 0.302 e. The number of rotatable bonds is 1. The van der Waals surface area contributed by atoms with E-state index in [1.165, 1.54) is 56.9 Å². The van der Waals surface area contributed by atoms with Gasteiger partial charge < -0.3 is 4.74 Å². The van der Waals surface area contributed by atoms with Crippen molar-refractivity contribution < 1.29 is 9.53 Å². The van der Waals surface area contributed by atoms with Crippen LogP contribution in [0.5, 0.6) is 0 Å². The molecule has 4 rings (SSSR count). The Bertz CT molecular complexity index is 552. The van der Waals surface area contributed by atoms with E-state index in [1.54, 1.807) is 6.92 Å². The molecule has 0 bridgehead atoms. The fraction of sp³-hybridized carbons (Fsp3) is 0.864. The van der Waals surface area contributed by atoms with E-state index in [9.17, 15) is 4.79 Å². The zero-order chi connectivity index (χ0) is 17.1. The first-order valence-electron chi connectivity index (χ1n) is 10.2. The second-order valence-corrected chi connectivity index (χ2v) is 9.83. The normalized spacial score (nSPS) is 50.6. The summed E-state index contributed by atoms with van der Waals surface area (Å²) in [7, 11) is 0. The number of carbonyl (C=O) groups is 1. The van der Waals surface area contributed by atoms with Gasteiger partial charge in [-0.15, -0.1) is 0 Å². The average Bonchev–Trinajstić information content (AvgIpc) is 2.84. The van der Waals surface area contributed by atoms with E-state index in [0.717, 1.165) is 30.1 Å². The molecule has 4 aliphatic carbocycles. The molecule has 0 amide bonds. The van der Waals surface area contributed by atoms with Crippen LogP contribution in [0.2, 0.25) is 0 Å². The topological polar surface area (TPSA) is 26.3 Å². The molecule has 2 heteroatoms. The van der Waals surface area contributed by atoms with Crippen LogP contribution < -0.4 is 0 Å². The molecular formula is C22H34O2. The van der Waals surface area contributed by atoms with Crippen LogP contribution in [-0.4, -0.2) is 12.1 Å². The Morgan fingerprint density at radius 1 is 1.04 bits per heavy atom. The molecule has 7 unspecified atom stereocenters. The lowest BCUT2D eigenvalue weighted by Crippen LogP contribution is -2.53. The zero-order valence-corrected chi connectivity index (χ0v) is 15.8. The van der Waals surface area contributed by atoms with Crippen LogP contribution in [-0.2, 0) is 9.53 Å². The molecule has 0 aromatic rings. The standard InChI is InChI=1S/C22H34O2/c1-14-9-11-21(3)16(13-14)5-6-17-18-7-8-20(24-15(2)23)22(18,4)12-10-19(17)21/h16-20H,1,5-13H2,2-4H3. The van der Waals surface area contributed by atoms with Gasteiger partial charge in [-0.2, -0.15) is 0 Å². The molecule has 2 nitrogen and oxygen atoms in total. The Morgan fingerprint density at radius 2 is 1.79 bits per heavy atom. The van der Waals surface area contributed by atoms with Gasteiger partial charge in [-0.3, -0.25) is 4.79 Å². The number of hydrogen-bond acceptors (Lipinski definition) is 2. The van der Waals surface area contributed by atoms with Crippen LogP contribution >= 0.6 is 0 Å². The molecule has 0 spiro atoms. The number of ether oxygens (including phenoxy) is 1. The molecule has 4 saturated carbocycles. The van der Waals surface area contributed by atoms with Crippen molar-refractivity contribution in [3.63, 3.8) is 0 Å². The first-order chi connectivity index (χ1) is 11.3. The van der Waals surface area contributed by atoms with Gasteiger partial charge in [0.2, 0.25) is 0 Å². The third-order valence-electron chi connectivity index (χ3n) is 8.84. The van der Waals surface area contributed by atoms with E-state index >= 15 is 0 Å². The van der Waals surface area contributed by atoms with Crippen molar-refractivity contribution in [1.29, 1.82) is 0 Å². The fourth-order valence-corrected chi connectivity index (χ4v) is 7.50. The molecule has 4 fully saturated rings. The monoisotopic (exact) mass is 330 g/mol. The minimum atomic E-state index is -0.0922. The first-order valence-corrected chi connectivity index (χ1v) is 10.2. The summed E-state index contributed by atoms with van der Waals surface area (Å²) in [6.45, 7) is 10.9. The summed E-state index contributed by atoms with van der Waals surface area (Å²) in [6.07, 6.45) is 11.8. The highest BCUT2D eigenvalue weighted by Crippen LogP contribution is 2.66. The number of carbonyl (C=O) groups excluding carboxylic acids is 1. The molecule has 0 aliphatic heterocycles. The van der Waals surface area contributed by atoms with Crippen molar-refractivity contribution >= 4 is 5.97 Å². The van der Waals surface area contributed by atoms with Gasteiger partial charge in [0.05, 0.1) is 0 Å². The lowest BCUT2D eigenvalue weighted by atomic mass is 9.45. The summed E-state index contributed by atoms with van der Waals surface area (Å²) in [5, 5.41) is 0. The Labute approximate surface area is 147 Å². The van der Waals surface area contributed by atoms with Crippen molar-refractivity contribution in [2.75, 3.05) is 0 Å². The molecule has 134 valence electrons. The van der Waals surface area contributed by atoms with Crippen LogP contribution in [0.1, 0.15) is 78.6 Å². The van der Waals surface area contributed by atoms with Gasteiger partial charge in [0.1, 0.15) is 6.10 Å². The van der Waals surface area contributed by atoms with E-state index in [1.807, 2.05) is 0 Å². The Balaban J connectivity index is 1.58. The van der Waals surface area contributed by atoms with E-state index in [-0.39, 0.29) is 17.5 Å². The third-order valence-corrected chi connectivity index (χ3v) is 8.84. The third kappa shape index (κ3) is 2.31. The van der Waals surface area contributed by atoms with Crippen molar-refractivity contribution in [3.05, 3.63) is 12.2 Å². The second-order valence-electron chi connectivity index (χ2n) is 9.83. The smallest absolute Gasteiger partial charge is 0.302 e. The summed E-state index contributed by atoms with van der Waals surface area (Å²) in [5.41, 5.74) is 2.26. The Hall–Kier alpha value is -0.790. The summed E-state index contributed by atoms with van der Waals surface area (Å²) < 4.78 is 5.76. The van der Waals surface area contributed by atoms with Gasteiger partial charge in [-0.25, -0.2) is 0 Å². The predicted molar refractivity (Wildman–Crippen MR) is 96.4 cm³/mol. The molecule has 0 aromatic carbocycles. The summed E-state index contributed by atoms with van der Waals surface area (Å²) in [4.78, 5) is 11.5. The van der Waals surface area contributed by atoms with Crippen molar-refractivity contribution in [2.45, 2.75) is 84.7 Å². The van der Waals surface area contributed by atoms with Crippen LogP contribution in [0.3, 0.4) is 0 Å². The van der Waals surface area contributed by atoms with E-state index in [4.69, 9.17) is 4.74 Å². The second kappa shape index (κ2) is 5.61. The highest BCUT2D eigenvalue weighted by Gasteiger charge is 2.60. The van der Waals surface area contributed by atoms with Crippen molar-refractivity contribution in [3.8, 4) is 0 Å². The van der Waals surface area contributed by atoms with Gasteiger partial charge in [0.15, 0.2) is 0 Å². The average molecular weight is 331 g/mol. The Kier molecular flexibility index (Phi) is 3.89. The molecular weight excluding hydrogens is 296 g/mol. The van der Waals surface area contributed by atoms with Gasteiger partial charge in [-0.1, -0.05) is 26.0 Å². The van der Waals surface area contributed by atoms with Gasteiger partial charge >= 0.3 is 5.97 Å². The van der Waals surface area contributed by atoms with Gasteiger partial charge in [0.25, 0.3) is 0 Å².